The molecule has 0 aliphatic carbocycles. The normalized spacial score (nSPS) is 12.3. The molecule has 22 heavy (non-hydrogen) atoms. The van der Waals surface area contributed by atoms with E-state index >= 15 is 0 Å². The molecule has 1 aromatic carbocycles. The summed E-state index contributed by atoms with van der Waals surface area (Å²) in [7, 11) is 0. The summed E-state index contributed by atoms with van der Waals surface area (Å²) in [5, 5.41) is 10.7. The lowest BCUT2D eigenvalue weighted by molar-refractivity contribution is 0.122. The second-order valence-corrected chi connectivity index (χ2v) is 6.40. The number of aryl methyl sites for hydroxylation is 1. The number of carbonyl (C=O) groups excluding carboxylic acids is 1. The Bertz CT molecular complexity index is 815. The number of anilines is 1. The topological polar surface area (TPSA) is 68.5 Å². The van der Waals surface area contributed by atoms with Crippen molar-refractivity contribution in [2.24, 2.45) is 0 Å². The quantitative estimate of drug-likeness (QED) is 0.739. The minimum atomic E-state index is -0.485. The Kier molecular flexibility index (Phi) is 4.12. The van der Waals surface area contributed by atoms with Crippen molar-refractivity contribution >= 4 is 44.0 Å². The van der Waals surface area contributed by atoms with E-state index in [1.54, 1.807) is 12.1 Å². The Balaban J connectivity index is 1.74. The van der Waals surface area contributed by atoms with Crippen LogP contribution in [0.15, 0.2) is 35.1 Å². The zero-order valence-electron chi connectivity index (χ0n) is 11.9. The third-order valence-electron chi connectivity index (χ3n) is 3.16. The highest BCUT2D eigenvalue weighted by Crippen LogP contribution is 2.31. The van der Waals surface area contributed by atoms with Gasteiger partial charge in [-0.1, -0.05) is 29.5 Å². The van der Waals surface area contributed by atoms with Crippen LogP contribution in [-0.2, 0) is 4.74 Å². The van der Waals surface area contributed by atoms with Gasteiger partial charge in [0.05, 0.1) is 4.88 Å². The molecule has 2 heterocycles. The number of ether oxygens (including phenoxy) is 1. The Morgan fingerprint density at radius 2 is 2.09 bits per heavy atom. The van der Waals surface area contributed by atoms with Crippen LogP contribution in [0.3, 0.4) is 0 Å². The van der Waals surface area contributed by atoms with Gasteiger partial charge in [0, 0.05) is 11.4 Å². The van der Waals surface area contributed by atoms with Crippen LogP contribution < -0.4 is 5.32 Å². The molecule has 8 heteroatoms. The monoisotopic (exact) mass is 380 g/mol. The maximum Gasteiger partial charge on any atom is 0.412 e. The number of halogens is 1. The van der Waals surface area contributed by atoms with E-state index in [2.05, 4.69) is 31.4 Å². The first kappa shape index (κ1) is 15.0. The van der Waals surface area contributed by atoms with Crippen molar-refractivity contribution in [1.29, 1.82) is 0 Å². The molecule has 0 aliphatic rings. The maximum atomic E-state index is 12.0. The first-order chi connectivity index (χ1) is 10.6. The molecule has 0 radical (unpaired) electrons. The van der Waals surface area contributed by atoms with E-state index < -0.39 is 6.09 Å². The lowest BCUT2D eigenvalue weighted by Crippen LogP contribution is -2.16. The van der Waals surface area contributed by atoms with E-state index in [1.807, 2.05) is 36.4 Å². The Morgan fingerprint density at radius 1 is 1.36 bits per heavy atom. The highest BCUT2D eigenvalue weighted by atomic mass is 79.9. The van der Waals surface area contributed by atoms with E-state index in [9.17, 15) is 4.79 Å². The molecule has 0 spiro atoms. The van der Waals surface area contributed by atoms with Crippen molar-refractivity contribution in [3.05, 3.63) is 45.6 Å². The molecule has 2 aromatic heterocycles. The summed E-state index contributed by atoms with van der Waals surface area (Å²) in [6.07, 6.45) is -0.858. The molecule has 6 nitrogen and oxygen atoms in total. The van der Waals surface area contributed by atoms with Gasteiger partial charge >= 0.3 is 6.09 Å². The molecule has 1 atom stereocenters. The van der Waals surface area contributed by atoms with E-state index in [-0.39, 0.29) is 6.10 Å². The summed E-state index contributed by atoms with van der Waals surface area (Å²) in [6.45, 7) is 3.78. The molecular weight excluding hydrogens is 368 g/mol. The number of hydrogen-bond donors (Lipinski definition) is 1. The molecule has 3 rings (SSSR count). The number of rotatable bonds is 3. The predicted octanol–water partition coefficient (Wildman–Crippen LogP) is 4.17. The van der Waals surface area contributed by atoms with Crippen LogP contribution in [0.4, 0.5) is 10.5 Å². The highest BCUT2D eigenvalue weighted by molar-refractivity contribution is 9.10. The first-order valence-electron chi connectivity index (χ1n) is 6.59. The zero-order valence-corrected chi connectivity index (χ0v) is 14.3. The van der Waals surface area contributed by atoms with E-state index in [4.69, 9.17) is 4.74 Å². The number of thiazole rings is 1. The third-order valence-corrected chi connectivity index (χ3v) is 4.97. The van der Waals surface area contributed by atoms with Crippen LogP contribution >= 0.6 is 27.3 Å². The summed E-state index contributed by atoms with van der Waals surface area (Å²) >= 11 is 4.81. The molecule has 114 valence electrons. The van der Waals surface area contributed by atoms with Crippen molar-refractivity contribution < 1.29 is 9.53 Å². The highest BCUT2D eigenvalue weighted by Gasteiger charge is 2.20. The fourth-order valence-electron chi connectivity index (χ4n) is 2.14. The second kappa shape index (κ2) is 6.05. The summed E-state index contributed by atoms with van der Waals surface area (Å²) < 4.78 is 7.97. The number of benzene rings is 1. The van der Waals surface area contributed by atoms with Crippen LogP contribution in [0.25, 0.3) is 4.96 Å². The standard InChI is InChI=1S/C14H13BrN4O2S/c1-8-11(22-13-18-17-12(15)19(8)13)9(2)21-14(20)16-10-6-4-3-5-7-10/h3-7,9H,1-2H3,(H,16,20). The smallest absolute Gasteiger partial charge is 0.412 e. The van der Waals surface area contributed by atoms with Gasteiger partial charge in [-0.05, 0) is 41.9 Å². The van der Waals surface area contributed by atoms with Crippen molar-refractivity contribution in [2.75, 3.05) is 5.32 Å². The van der Waals surface area contributed by atoms with E-state index in [0.717, 1.165) is 15.5 Å². The number of carbonyl (C=O) groups is 1. The molecule has 0 aliphatic heterocycles. The number of nitrogens with zero attached hydrogens (tertiary/aromatic N) is 3. The molecular formula is C14H13BrN4O2S. The van der Waals surface area contributed by atoms with Crippen molar-refractivity contribution in [3.8, 4) is 0 Å². The van der Waals surface area contributed by atoms with Gasteiger partial charge < -0.3 is 4.74 Å². The fraction of sp³-hybridized carbons (Fsp3) is 0.214. The Hall–Kier alpha value is -1.93. The number of nitrogens with one attached hydrogen (secondary N) is 1. The lowest BCUT2D eigenvalue weighted by atomic mass is 10.3. The molecule has 1 amide bonds. The van der Waals surface area contributed by atoms with Gasteiger partial charge in [0.25, 0.3) is 0 Å². The van der Waals surface area contributed by atoms with E-state index in [0.29, 0.717) is 10.4 Å². The van der Waals surface area contributed by atoms with Gasteiger partial charge in [0.1, 0.15) is 6.10 Å². The average molecular weight is 381 g/mol. The fourth-order valence-corrected chi connectivity index (χ4v) is 3.82. The number of hydrogen-bond acceptors (Lipinski definition) is 5. The van der Waals surface area contributed by atoms with Crippen LogP contribution in [0.2, 0.25) is 0 Å². The SMILES string of the molecule is Cc1c(C(C)OC(=O)Nc2ccccc2)sc2nnc(Br)n12. The second-order valence-electron chi connectivity index (χ2n) is 4.68. The average Bonchev–Trinajstić information content (AvgIpc) is 3.01. The maximum absolute atomic E-state index is 12.0. The van der Waals surface area contributed by atoms with E-state index in [1.165, 1.54) is 11.3 Å². The molecule has 3 aromatic rings. The van der Waals surface area contributed by atoms with Gasteiger partial charge in [-0.2, -0.15) is 0 Å². The van der Waals surface area contributed by atoms with Gasteiger partial charge in [-0.3, -0.25) is 9.72 Å². The van der Waals surface area contributed by atoms with Crippen LogP contribution in [0.1, 0.15) is 23.6 Å². The van der Waals surface area contributed by atoms with Gasteiger partial charge in [0.2, 0.25) is 9.69 Å². The van der Waals surface area contributed by atoms with Gasteiger partial charge in [-0.25, -0.2) is 4.79 Å². The first-order valence-corrected chi connectivity index (χ1v) is 8.20. The Morgan fingerprint density at radius 3 is 2.77 bits per heavy atom. The van der Waals surface area contributed by atoms with Crippen molar-refractivity contribution in [2.45, 2.75) is 20.0 Å². The number of fused-ring (bicyclic) bond motifs is 1. The van der Waals surface area contributed by atoms with Crippen LogP contribution in [0, 0.1) is 6.92 Å². The molecule has 0 saturated carbocycles. The Labute approximate surface area is 139 Å². The summed E-state index contributed by atoms with van der Waals surface area (Å²) in [6, 6.07) is 9.19. The van der Waals surface area contributed by atoms with Crippen molar-refractivity contribution in [3.63, 3.8) is 0 Å². The number of aromatic nitrogens is 3. The summed E-state index contributed by atoms with van der Waals surface area (Å²) in [5.41, 5.74) is 1.65. The minimum Gasteiger partial charge on any atom is -0.440 e. The minimum absolute atomic E-state index is 0.373. The molecule has 0 saturated heterocycles. The third kappa shape index (κ3) is 2.84. The summed E-state index contributed by atoms with van der Waals surface area (Å²) in [5.74, 6) is 0. The van der Waals surface area contributed by atoms with Gasteiger partial charge in [0.15, 0.2) is 0 Å². The molecule has 1 unspecified atom stereocenters. The number of para-hydroxylation sites is 1. The predicted molar refractivity (Wildman–Crippen MR) is 88.3 cm³/mol. The van der Waals surface area contributed by atoms with Crippen molar-refractivity contribution in [1.82, 2.24) is 14.6 Å². The molecule has 1 N–H and O–H groups in total. The van der Waals surface area contributed by atoms with Gasteiger partial charge in [-0.15, -0.1) is 10.2 Å². The van der Waals surface area contributed by atoms with Crippen LogP contribution in [0.5, 0.6) is 0 Å². The summed E-state index contributed by atoms with van der Waals surface area (Å²) in [4.78, 5) is 13.7. The lowest BCUT2D eigenvalue weighted by Gasteiger charge is -2.13. The largest absolute Gasteiger partial charge is 0.440 e. The molecule has 0 bridgehead atoms. The molecule has 0 fully saturated rings. The zero-order chi connectivity index (χ0) is 15.7. The van der Waals surface area contributed by atoms with Crippen LogP contribution in [-0.4, -0.2) is 20.7 Å². The number of amides is 1.